The number of aromatic nitrogens is 2. The molecule has 1 heterocycles. The largest absolute Gasteiger partial charge is 0.389 e. The highest BCUT2D eigenvalue weighted by Gasteiger charge is 2.27. The number of anilines is 1. The summed E-state index contributed by atoms with van der Waals surface area (Å²) in [6.07, 6.45) is -0.922. The first-order valence-corrected chi connectivity index (χ1v) is 6.33. The van der Waals surface area contributed by atoms with Gasteiger partial charge in [0.05, 0.1) is 0 Å². The van der Waals surface area contributed by atoms with Crippen LogP contribution in [0, 0.1) is 0 Å². The van der Waals surface area contributed by atoms with Crippen LogP contribution in [0.3, 0.4) is 0 Å². The lowest BCUT2D eigenvalue weighted by Gasteiger charge is -2.13. The predicted octanol–water partition coefficient (Wildman–Crippen LogP) is 2.26. The molecule has 0 unspecified atom stereocenters. The molecule has 1 saturated carbocycles. The van der Waals surface area contributed by atoms with E-state index in [0.717, 1.165) is 19.3 Å². The maximum atomic E-state index is 12.1. The maximum absolute atomic E-state index is 12.1. The number of hydrogen-bond donors (Lipinski definition) is 2. The number of halogens is 3. The first-order chi connectivity index (χ1) is 8.92. The molecule has 0 aromatic carbocycles. The molecule has 2 atom stereocenters. The van der Waals surface area contributed by atoms with E-state index in [1.165, 1.54) is 12.3 Å². The number of hydrogen-bond acceptors (Lipinski definition) is 4. The summed E-state index contributed by atoms with van der Waals surface area (Å²) >= 11 is 0. The average Bonchev–Trinajstić information content (AvgIpc) is 2.72. The van der Waals surface area contributed by atoms with Crippen molar-refractivity contribution >= 4 is 5.95 Å². The molecule has 0 bridgehead atoms. The third kappa shape index (κ3) is 4.66. The van der Waals surface area contributed by atoms with Crippen LogP contribution in [0.25, 0.3) is 0 Å². The van der Waals surface area contributed by atoms with Crippen LogP contribution in [0.15, 0.2) is 12.3 Å². The smallest absolute Gasteiger partial charge is 0.351 e. The minimum atomic E-state index is -4.16. The number of nitrogens with one attached hydrogen (secondary N) is 1. The van der Waals surface area contributed by atoms with E-state index in [-0.39, 0.29) is 18.5 Å². The lowest BCUT2D eigenvalue weighted by atomic mass is 10.2. The minimum absolute atomic E-state index is 0.120. The average molecular weight is 274 g/mol. The highest BCUT2D eigenvalue weighted by molar-refractivity contribution is 5.27. The van der Waals surface area contributed by atoms with Gasteiger partial charge < -0.3 is 11.1 Å². The van der Waals surface area contributed by atoms with Gasteiger partial charge in [-0.15, -0.1) is 0 Å². The fraction of sp³-hybridized carbons (Fsp3) is 0.667. The second-order valence-electron chi connectivity index (χ2n) is 4.90. The number of rotatable bonds is 4. The normalized spacial score (nSPS) is 23.6. The molecule has 1 aromatic rings. The fourth-order valence-electron chi connectivity index (χ4n) is 2.20. The van der Waals surface area contributed by atoms with Crippen molar-refractivity contribution in [3.63, 3.8) is 0 Å². The molecule has 1 aromatic heterocycles. The Hall–Kier alpha value is -1.37. The molecule has 19 heavy (non-hydrogen) atoms. The molecule has 0 saturated heterocycles. The summed E-state index contributed by atoms with van der Waals surface area (Å²) in [5, 5.41) is 3.13. The topological polar surface area (TPSA) is 63.8 Å². The van der Waals surface area contributed by atoms with Crippen LogP contribution < -0.4 is 11.1 Å². The lowest BCUT2D eigenvalue weighted by molar-refractivity contribution is -0.134. The van der Waals surface area contributed by atoms with E-state index >= 15 is 0 Å². The second-order valence-corrected chi connectivity index (χ2v) is 4.90. The Morgan fingerprint density at radius 2 is 2.16 bits per heavy atom. The van der Waals surface area contributed by atoms with Crippen molar-refractivity contribution in [3.8, 4) is 0 Å². The van der Waals surface area contributed by atoms with Crippen LogP contribution in [-0.2, 0) is 6.42 Å². The molecule has 1 aliphatic rings. The van der Waals surface area contributed by atoms with Gasteiger partial charge in [-0.2, -0.15) is 13.2 Å². The van der Waals surface area contributed by atoms with Crippen LogP contribution in [0.2, 0.25) is 0 Å². The summed E-state index contributed by atoms with van der Waals surface area (Å²) in [5.41, 5.74) is 6.20. The van der Waals surface area contributed by atoms with E-state index in [9.17, 15) is 13.2 Å². The maximum Gasteiger partial charge on any atom is 0.389 e. The number of nitrogens with zero attached hydrogens (tertiary/aromatic N) is 2. The summed E-state index contributed by atoms with van der Waals surface area (Å²) in [5.74, 6) is 0.388. The molecule has 1 fully saturated rings. The van der Waals surface area contributed by atoms with Crippen LogP contribution in [-0.4, -0.2) is 28.2 Å². The lowest BCUT2D eigenvalue weighted by Crippen LogP contribution is -2.22. The van der Waals surface area contributed by atoms with Crippen LogP contribution in [0.1, 0.15) is 31.4 Å². The van der Waals surface area contributed by atoms with E-state index in [1.807, 2.05) is 0 Å². The van der Waals surface area contributed by atoms with E-state index in [4.69, 9.17) is 5.73 Å². The van der Waals surface area contributed by atoms with E-state index in [2.05, 4.69) is 15.3 Å². The van der Waals surface area contributed by atoms with Gasteiger partial charge in [0.2, 0.25) is 5.95 Å². The van der Waals surface area contributed by atoms with Gasteiger partial charge in [-0.05, 0) is 31.7 Å². The molecule has 0 spiro atoms. The molecule has 0 aliphatic heterocycles. The summed E-state index contributed by atoms with van der Waals surface area (Å²) in [4.78, 5) is 8.13. The van der Waals surface area contributed by atoms with Gasteiger partial charge in [-0.3, -0.25) is 0 Å². The van der Waals surface area contributed by atoms with Crippen molar-refractivity contribution in [2.45, 2.75) is 50.4 Å². The molecule has 7 heteroatoms. The van der Waals surface area contributed by atoms with Gasteiger partial charge in [0.1, 0.15) is 0 Å². The highest BCUT2D eigenvalue weighted by Crippen LogP contribution is 2.22. The van der Waals surface area contributed by atoms with E-state index in [1.54, 1.807) is 0 Å². The van der Waals surface area contributed by atoms with E-state index in [0.29, 0.717) is 11.6 Å². The van der Waals surface area contributed by atoms with Gasteiger partial charge in [-0.1, -0.05) is 0 Å². The Labute approximate surface area is 109 Å². The third-order valence-corrected chi connectivity index (χ3v) is 3.18. The Bertz CT molecular complexity index is 422. The Kier molecular flexibility index (Phi) is 4.24. The standard InChI is InChI=1S/C12H17F3N4/c13-12(14,15)5-3-9-4-6-17-11(18-9)19-10-2-1-8(16)7-10/h4,6,8,10H,1-3,5,7,16H2,(H,17,18,19)/t8-,10-/m1/s1. The minimum Gasteiger partial charge on any atom is -0.351 e. The molecular weight excluding hydrogens is 257 g/mol. The van der Waals surface area contributed by atoms with Crippen molar-refractivity contribution in [2.24, 2.45) is 5.73 Å². The zero-order valence-corrected chi connectivity index (χ0v) is 10.5. The first kappa shape index (κ1) is 14.0. The van der Waals surface area contributed by atoms with E-state index < -0.39 is 12.6 Å². The van der Waals surface area contributed by atoms with Gasteiger partial charge in [-0.25, -0.2) is 9.97 Å². The van der Waals surface area contributed by atoms with Gasteiger partial charge in [0.25, 0.3) is 0 Å². The number of aryl methyl sites for hydroxylation is 1. The van der Waals surface area contributed by atoms with Crippen LogP contribution in [0.5, 0.6) is 0 Å². The molecule has 3 N–H and O–H groups in total. The predicted molar refractivity (Wildman–Crippen MR) is 65.6 cm³/mol. The molecule has 2 rings (SSSR count). The summed E-state index contributed by atoms with van der Waals surface area (Å²) < 4.78 is 36.4. The van der Waals surface area contributed by atoms with Crippen molar-refractivity contribution in [1.29, 1.82) is 0 Å². The highest BCUT2D eigenvalue weighted by atomic mass is 19.4. The molecule has 1 aliphatic carbocycles. The summed E-state index contributed by atoms with van der Waals surface area (Å²) in [7, 11) is 0. The van der Waals surface area contributed by atoms with Crippen LogP contribution in [0.4, 0.5) is 19.1 Å². The number of alkyl halides is 3. The van der Waals surface area contributed by atoms with Crippen molar-refractivity contribution in [2.75, 3.05) is 5.32 Å². The third-order valence-electron chi connectivity index (χ3n) is 3.18. The first-order valence-electron chi connectivity index (χ1n) is 6.33. The Balaban J connectivity index is 1.91. The zero-order chi connectivity index (χ0) is 13.9. The van der Waals surface area contributed by atoms with Crippen LogP contribution >= 0.6 is 0 Å². The van der Waals surface area contributed by atoms with Crippen molar-refractivity contribution < 1.29 is 13.2 Å². The van der Waals surface area contributed by atoms with Crippen molar-refractivity contribution in [1.82, 2.24) is 9.97 Å². The Morgan fingerprint density at radius 3 is 2.79 bits per heavy atom. The monoisotopic (exact) mass is 274 g/mol. The summed E-state index contributed by atoms with van der Waals surface area (Å²) in [6, 6.07) is 1.91. The summed E-state index contributed by atoms with van der Waals surface area (Å²) in [6.45, 7) is 0. The zero-order valence-electron chi connectivity index (χ0n) is 10.5. The quantitative estimate of drug-likeness (QED) is 0.884. The number of nitrogens with two attached hydrogens (primary N) is 1. The van der Waals surface area contributed by atoms with Gasteiger partial charge >= 0.3 is 6.18 Å². The molecule has 0 radical (unpaired) electrons. The molecule has 0 amide bonds. The molecule has 4 nitrogen and oxygen atoms in total. The van der Waals surface area contributed by atoms with Crippen molar-refractivity contribution in [3.05, 3.63) is 18.0 Å². The van der Waals surface area contributed by atoms with Gasteiger partial charge in [0, 0.05) is 30.4 Å². The molecular formula is C12H17F3N4. The second kappa shape index (κ2) is 5.73. The van der Waals surface area contributed by atoms with Gasteiger partial charge in [0.15, 0.2) is 0 Å². The fourth-order valence-corrected chi connectivity index (χ4v) is 2.20. The Morgan fingerprint density at radius 1 is 1.37 bits per heavy atom. The molecule has 106 valence electrons. The SMILES string of the molecule is N[C@@H]1CC[C@@H](Nc2nccc(CCC(F)(F)F)n2)C1.